The molecule has 0 bridgehead atoms. The van der Waals surface area contributed by atoms with Crippen molar-refractivity contribution in [3.8, 4) is 0 Å². The number of rotatable bonds is 5. The van der Waals surface area contributed by atoms with Crippen LogP contribution in [0, 0.1) is 0 Å². The van der Waals surface area contributed by atoms with Crippen LogP contribution >= 0.6 is 0 Å². The Bertz CT molecular complexity index is 215. The molecule has 0 saturated heterocycles. The van der Waals surface area contributed by atoms with Crippen molar-refractivity contribution in [3.05, 3.63) is 0 Å². The highest BCUT2D eigenvalue weighted by atomic mass is 19.3. The molecular weight excluding hydrogens is 206 g/mol. The Morgan fingerprint density at radius 3 is 2.33 bits per heavy atom. The molecule has 0 unspecified atom stereocenters. The van der Waals surface area contributed by atoms with Crippen molar-refractivity contribution in [3.63, 3.8) is 0 Å². The zero-order chi connectivity index (χ0) is 12.1. The minimum absolute atomic E-state index is 0.232. The number of carbonyl (C=O) groups excluding carboxylic acids is 1. The first-order valence-corrected chi connectivity index (χ1v) is 4.65. The molecule has 0 radical (unpaired) electrons. The molecule has 0 aromatic carbocycles. The van der Waals surface area contributed by atoms with Gasteiger partial charge in [0, 0.05) is 0 Å². The van der Waals surface area contributed by atoms with E-state index in [4.69, 9.17) is 10.5 Å². The molecule has 0 aliphatic heterocycles. The Labute approximate surface area is 88.2 Å². The minimum Gasteiger partial charge on any atom is -0.366 e. The summed E-state index contributed by atoms with van der Waals surface area (Å²) in [7, 11) is 0. The third kappa shape index (κ3) is 8.26. The Kier molecular flexibility index (Phi) is 5.10. The topological polar surface area (TPSA) is 64.3 Å². The van der Waals surface area contributed by atoms with Crippen LogP contribution in [0.1, 0.15) is 20.8 Å². The Morgan fingerprint density at radius 2 is 1.93 bits per heavy atom. The van der Waals surface area contributed by atoms with E-state index < -0.39 is 30.5 Å². The molecule has 15 heavy (non-hydrogen) atoms. The maximum absolute atomic E-state index is 12.6. The highest BCUT2D eigenvalue weighted by Crippen LogP contribution is 2.09. The van der Waals surface area contributed by atoms with Gasteiger partial charge < -0.3 is 15.8 Å². The minimum atomic E-state index is -3.06. The van der Waals surface area contributed by atoms with Gasteiger partial charge in [-0.2, -0.15) is 0 Å². The monoisotopic (exact) mass is 224 g/mol. The molecule has 1 amide bonds. The Morgan fingerprint density at radius 1 is 1.40 bits per heavy atom. The van der Waals surface area contributed by atoms with Gasteiger partial charge in [0.1, 0.15) is 6.61 Å². The first-order chi connectivity index (χ1) is 6.66. The van der Waals surface area contributed by atoms with Crippen LogP contribution in [0.15, 0.2) is 0 Å². The molecule has 0 aromatic heterocycles. The number of hydrogen-bond donors (Lipinski definition) is 2. The third-order valence-corrected chi connectivity index (χ3v) is 1.48. The summed E-state index contributed by atoms with van der Waals surface area (Å²) < 4.78 is 30.3. The van der Waals surface area contributed by atoms with Crippen LogP contribution in [0.3, 0.4) is 0 Å². The Balaban J connectivity index is 3.77. The van der Waals surface area contributed by atoms with E-state index in [-0.39, 0.29) is 6.61 Å². The lowest BCUT2D eigenvalue weighted by Crippen LogP contribution is -2.43. The number of amides is 1. The largest absolute Gasteiger partial charge is 0.366 e. The molecule has 6 heteroatoms. The quantitative estimate of drug-likeness (QED) is 0.715. The summed E-state index contributed by atoms with van der Waals surface area (Å²) in [4.78, 5) is 11.0. The van der Waals surface area contributed by atoms with Crippen molar-refractivity contribution < 1.29 is 18.3 Å². The van der Waals surface area contributed by atoms with E-state index in [2.05, 4.69) is 5.32 Å². The second-order valence-electron chi connectivity index (χ2n) is 4.24. The average molecular weight is 224 g/mol. The van der Waals surface area contributed by atoms with Crippen LogP contribution in [0.2, 0.25) is 0 Å². The number of nitrogens with two attached hydrogens (primary N) is 1. The second-order valence-corrected chi connectivity index (χ2v) is 4.24. The predicted molar refractivity (Wildman–Crippen MR) is 52.7 cm³/mol. The van der Waals surface area contributed by atoms with E-state index >= 15 is 0 Å². The fraction of sp³-hybridized carbons (Fsp3) is 0.889. The van der Waals surface area contributed by atoms with Gasteiger partial charge in [-0.15, -0.1) is 0 Å². The van der Waals surface area contributed by atoms with E-state index in [1.54, 1.807) is 20.8 Å². The summed E-state index contributed by atoms with van der Waals surface area (Å²) in [6, 6.07) is 0. The molecular formula is C9H18F2N2O2. The normalized spacial score (nSPS) is 12.7. The van der Waals surface area contributed by atoms with Crippen molar-refractivity contribution in [2.24, 2.45) is 5.73 Å². The van der Waals surface area contributed by atoms with Crippen molar-refractivity contribution in [1.82, 2.24) is 5.32 Å². The van der Waals surface area contributed by atoms with Crippen molar-refractivity contribution in [1.29, 1.82) is 0 Å². The van der Waals surface area contributed by atoms with Gasteiger partial charge in [-0.05, 0) is 20.8 Å². The van der Waals surface area contributed by atoms with E-state index in [1.165, 1.54) is 0 Å². The number of halogens is 2. The van der Waals surface area contributed by atoms with Gasteiger partial charge >= 0.3 is 0 Å². The van der Waals surface area contributed by atoms with Crippen molar-refractivity contribution >= 4 is 5.91 Å². The number of ether oxygens (including phenoxy) is 1. The SMILES string of the molecule is CC(C)(C)OCC(=O)NCC(F)(F)CN. The predicted octanol–water partition coefficient (Wildman–Crippen LogP) is 0.512. The van der Waals surface area contributed by atoms with Crippen LogP contribution in [-0.4, -0.2) is 37.1 Å². The van der Waals surface area contributed by atoms with E-state index in [1.807, 2.05) is 0 Å². The fourth-order valence-corrected chi connectivity index (χ4v) is 0.633. The molecule has 0 spiro atoms. The molecule has 3 N–H and O–H groups in total. The lowest BCUT2D eigenvalue weighted by atomic mass is 10.2. The highest BCUT2D eigenvalue weighted by Gasteiger charge is 2.27. The standard InChI is InChI=1S/C9H18F2N2O2/c1-8(2,3)15-4-7(14)13-6-9(10,11)5-12/h4-6,12H2,1-3H3,(H,13,14). The maximum Gasteiger partial charge on any atom is 0.277 e. The van der Waals surface area contributed by atoms with E-state index in [0.29, 0.717) is 0 Å². The van der Waals surface area contributed by atoms with E-state index in [0.717, 1.165) is 0 Å². The Hall–Kier alpha value is -0.750. The van der Waals surface area contributed by atoms with Crippen LogP contribution in [-0.2, 0) is 9.53 Å². The smallest absolute Gasteiger partial charge is 0.277 e. The molecule has 0 saturated carbocycles. The van der Waals surface area contributed by atoms with Crippen LogP contribution in [0.4, 0.5) is 8.78 Å². The van der Waals surface area contributed by atoms with Gasteiger partial charge in [0.15, 0.2) is 0 Å². The van der Waals surface area contributed by atoms with Gasteiger partial charge in [0.25, 0.3) is 5.92 Å². The van der Waals surface area contributed by atoms with Gasteiger partial charge in [-0.3, -0.25) is 4.79 Å². The van der Waals surface area contributed by atoms with Crippen LogP contribution in [0.5, 0.6) is 0 Å². The zero-order valence-electron chi connectivity index (χ0n) is 9.27. The van der Waals surface area contributed by atoms with Gasteiger partial charge in [0.2, 0.25) is 5.91 Å². The molecule has 0 heterocycles. The van der Waals surface area contributed by atoms with Crippen LogP contribution in [0.25, 0.3) is 0 Å². The lowest BCUT2D eigenvalue weighted by Gasteiger charge is -2.20. The average Bonchev–Trinajstić information content (AvgIpc) is 2.10. The molecule has 0 fully saturated rings. The van der Waals surface area contributed by atoms with Crippen molar-refractivity contribution in [2.75, 3.05) is 19.7 Å². The molecule has 4 nitrogen and oxygen atoms in total. The highest BCUT2D eigenvalue weighted by molar-refractivity contribution is 5.77. The number of carbonyl (C=O) groups is 1. The summed E-state index contributed by atoms with van der Waals surface area (Å²) >= 11 is 0. The summed E-state index contributed by atoms with van der Waals surface area (Å²) in [5.41, 5.74) is 4.34. The fourth-order valence-electron chi connectivity index (χ4n) is 0.633. The molecule has 0 atom stereocenters. The molecule has 90 valence electrons. The summed E-state index contributed by atoms with van der Waals surface area (Å²) in [6.07, 6.45) is 0. The molecule has 0 aliphatic carbocycles. The van der Waals surface area contributed by atoms with Gasteiger partial charge in [-0.25, -0.2) is 8.78 Å². The number of nitrogens with one attached hydrogen (secondary N) is 1. The first kappa shape index (κ1) is 14.2. The van der Waals surface area contributed by atoms with Gasteiger partial charge in [-0.1, -0.05) is 0 Å². The molecule has 0 rings (SSSR count). The lowest BCUT2D eigenvalue weighted by molar-refractivity contribution is -0.132. The second kappa shape index (κ2) is 5.37. The zero-order valence-corrected chi connectivity index (χ0v) is 9.27. The van der Waals surface area contributed by atoms with E-state index in [9.17, 15) is 13.6 Å². The third-order valence-electron chi connectivity index (χ3n) is 1.48. The molecule has 0 aromatic rings. The maximum atomic E-state index is 12.6. The summed E-state index contributed by atoms with van der Waals surface area (Å²) in [5.74, 6) is -3.63. The van der Waals surface area contributed by atoms with Crippen LogP contribution < -0.4 is 11.1 Å². The molecule has 0 aliphatic rings. The summed E-state index contributed by atoms with van der Waals surface area (Å²) in [5, 5.41) is 2.05. The number of hydrogen-bond acceptors (Lipinski definition) is 3. The first-order valence-electron chi connectivity index (χ1n) is 4.65. The number of alkyl halides is 2. The summed E-state index contributed by atoms with van der Waals surface area (Å²) in [6.45, 7) is 3.55. The van der Waals surface area contributed by atoms with Gasteiger partial charge in [0.05, 0.1) is 18.7 Å². The van der Waals surface area contributed by atoms with Crippen molar-refractivity contribution in [2.45, 2.75) is 32.3 Å².